The molecule has 0 aliphatic rings. The topological polar surface area (TPSA) is 119 Å². The average molecular weight is 237 g/mol. The number of rotatable bonds is 3. The number of nitrogens with one attached hydrogen (secondary N) is 2. The van der Waals surface area contributed by atoms with Crippen LogP contribution in [0.5, 0.6) is 0 Å². The van der Waals surface area contributed by atoms with Crippen molar-refractivity contribution in [1.82, 2.24) is 19.8 Å². The van der Waals surface area contributed by atoms with E-state index in [2.05, 4.69) is 30.5 Å². The number of nitrogens with two attached hydrogens (primary N) is 1. The molecule has 1 amide bonds. The maximum atomic E-state index is 11.6. The summed E-state index contributed by atoms with van der Waals surface area (Å²) in [6.07, 6.45) is 1.47. The number of pyridine rings is 1. The fraction of sp³-hybridized carbons (Fsp3) is 0. The van der Waals surface area contributed by atoms with Crippen molar-refractivity contribution in [3.05, 3.63) is 24.0 Å². The predicted molar refractivity (Wildman–Crippen MR) is 57.7 cm³/mol. The Bertz CT molecular complexity index is 485. The molecule has 2 rings (SSSR count). The number of nitrogen functional groups attached to an aromatic ring is 1. The molecule has 0 fully saturated rings. The highest BCUT2D eigenvalue weighted by atomic mass is 32.1. The fourth-order valence-electron chi connectivity index (χ4n) is 0.988. The van der Waals surface area contributed by atoms with Gasteiger partial charge in [-0.1, -0.05) is 9.59 Å². The number of carbonyl (C=O) groups is 1. The van der Waals surface area contributed by atoms with Crippen molar-refractivity contribution in [2.75, 3.05) is 10.7 Å². The zero-order chi connectivity index (χ0) is 11.4. The van der Waals surface area contributed by atoms with Crippen LogP contribution in [0.3, 0.4) is 0 Å². The molecule has 0 spiro atoms. The number of anilines is 2. The van der Waals surface area contributed by atoms with E-state index in [0.717, 1.165) is 11.5 Å². The van der Waals surface area contributed by atoms with Crippen molar-refractivity contribution in [1.29, 1.82) is 0 Å². The molecule has 0 aliphatic carbocycles. The zero-order valence-corrected chi connectivity index (χ0v) is 8.73. The molecule has 0 atom stereocenters. The van der Waals surface area contributed by atoms with Gasteiger partial charge in [0.15, 0.2) is 0 Å². The van der Waals surface area contributed by atoms with Crippen molar-refractivity contribution < 1.29 is 4.79 Å². The summed E-state index contributed by atoms with van der Waals surface area (Å²) >= 11 is 0.984. The van der Waals surface area contributed by atoms with Gasteiger partial charge in [0.25, 0.3) is 5.91 Å². The number of carbonyl (C=O) groups excluding carboxylic acids is 1. The van der Waals surface area contributed by atoms with Gasteiger partial charge in [-0.25, -0.2) is 0 Å². The summed E-state index contributed by atoms with van der Waals surface area (Å²) in [7, 11) is 0. The molecule has 0 aromatic carbocycles. The van der Waals surface area contributed by atoms with Crippen molar-refractivity contribution in [2.24, 2.45) is 5.84 Å². The van der Waals surface area contributed by atoms with Crippen LogP contribution in [0.15, 0.2) is 18.3 Å². The van der Waals surface area contributed by atoms with Gasteiger partial charge >= 0.3 is 0 Å². The van der Waals surface area contributed by atoms with Gasteiger partial charge in [0.05, 0.1) is 5.69 Å². The lowest BCUT2D eigenvalue weighted by molar-refractivity contribution is 0.102. The van der Waals surface area contributed by atoms with Gasteiger partial charge in [-0.2, -0.15) is 0 Å². The number of hydrogen-bond donors (Lipinski definition) is 3. The van der Waals surface area contributed by atoms with E-state index in [1.54, 1.807) is 6.07 Å². The molecule has 2 aromatic rings. The van der Waals surface area contributed by atoms with Crippen LogP contribution in [0.4, 0.5) is 10.8 Å². The zero-order valence-electron chi connectivity index (χ0n) is 7.91. The average Bonchev–Trinajstić information content (AvgIpc) is 2.82. The number of aromatic nitrogens is 4. The van der Waals surface area contributed by atoms with E-state index in [0.29, 0.717) is 10.8 Å². The minimum atomic E-state index is -0.393. The molecule has 8 nitrogen and oxygen atoms in total. The van der Waals surface area contributed by atoms with Crippen LogP contribution >= 0.6 is 11.5 Å². The first-order valence-corrected chi connectivity index (χ1v) is 4.96. The van der Waals surface area contributed by atoms with Crippen LogP contribution in [0.25, 0.3) is 0 Å². The first kappa shape index (κ1) is 10.4. The summed E-state index contributed by atoms with van der Waals surface area (Å²) in [6.45, 7) is 0. The molecule has 2 aromatic heterocycles. The molecular weight excluding hydrogens is 230 g/mol. The van der Waals surface area contributed by atoms with Crippen LogP contribution in [0, 0.1) is 0 Å². The Morgan fingerprint density at radius 3 is 3.06 bits per heavy atom. The van der Waals surface area contributed by atoms with Crippen LogP contribution in [0.1, 0.15) is 10.5 Å². The van der Waals surface area contributed by atoms with Gasteiger partial charge in [-0.3, -0.25) is 20.9 Å². The summed E-state index contributed by atoms with van der Waals surface area (Å²) in [5.74, 6) is 4.82. The summed E-state index contributed by atoms with van der Waals surface area (Å²) in [6, 6.07) is 3.16. The molecule has 4 N–H and O–H groups in total. The van der Waals surface area contributed by atoms with E-state index >= 15 is 0 Å². The van der Waals surface area contributed by atoms with Crippen LogP contribution < -0.4 is 16.6 Å². The lowest BCUT2D eigenvalue weighted by Crippen LogP contribution is -2.15. The molecule has 0 saturated carbocycles. The molecular formula is C7H7N7OS. The Morgan fingerprint density at radius 2 is 2.38 bits per heavy atom. The van der Waals surface area contributed by atoms with Gasteiger partial charge in [0.2, 0.25) is 5.13 Å². The lowest BCUT2D eigenvalue weighted by atomic mass is 10.3. The summed E-state index contributed by atoms with van der Waals surface area (Å²) in [5, 5.41) is 9.75. The van der Waals surface area contributed by atoms with Crippen molar-refractivity contribution in [2.45, 2.75) is 0 Å². The number of nitrogens with zero attached hydrogens (tertiary/aromatic N) is 4. The van der Waals surface area contributed by atoms with Gasteiger partial charge in [0.1, 0.15) is 5.69 Å². The summed E-state index contributed by atoms with van der Waals surface area (Å²) in [5.41, 5.74) is 3.24. The van der Waals surface area contributed by atoms with E-state index in [-0.39, 0.29) is 5.69 Å². The molecule has 0 saturated heterocycles. The van der Waals surface area contributed by atoms with Crippen LogP contribution in [-0.2, 0) is 0 Å². The first-order chi connectivity index (χ1) is 7.79. The summed E-state index contributed by atoms with van der Waals surface area (Å²) in [4.78, 5) is 15.5. The Hall–Kier alpha value is -2.13. The quantitative estimate of drug-likeness (QED) is 0.502. The van der Waals surface area contributed by atoms with Gasteiger partial charge in [-0.15, -0.1) is 0 Å². The van der Waals surface area contributed by atoms with E-state index in [9.17, 15) is 4.79 Å². The standard InChI is InChI=1S/C7H7N7OS/c8-11-4-1-2-9-5(3-4)6(15)10-7-12-13-14-16-7/h1-3H,8H2,(H,9,11)(H,10,12,14,15). The monoisotopic (exact) mass is 237 g/mol. The van der Waals surface area contributed by atoms with Gasteiger partial charge in [-0.05, 0) is 17.3 Å². The van der Waals surface area contributed by atoms with Crippen molar-refractivity contribution in [3.63, 3.8) is 0 Å². The van der Waals surface area contributed by atoms with Gasteiger partial charge in [0, 0.05) is 17.7 Å². The minimum absolute atomic E-state index is 0.227. The second kappa shape index (κ2) is 4.59. The Morgan fingerprint density at radius 1 is 1.50 bits per heavy atom. The SMILES string of the molecule is NNc1ccnc(C(=O)Nc2nnns2)c1. The highest BCUT2D eigenvalue weighted by molar-refractivity contribution is 7.09. The number of amides is 1. The van der Waals surface area contributed by atoms with E-state index in [4.69, 9.17) is 5.84 Å². The Labute approximate surface area is 94.0 Å². The predicted octanol–water partition coefficient (Wildman–Crippen LogP) is -0.134. The highest BCUT2D eigenvalue weighted by Gasteiger charge is 2.10. The van der Waals surface area contributed by atoms with E-state index in [1.807, 2.05) is 0 Å². The molecule has 2 heterocycles. The smallest absolute Gasteiger partial charge is 0.276 e. The number of hydrogen-bond acceptors (Lipinski definition) is 8. The molecule has 0 aliphatic heterocycles. The van der Waals surface area contributed by atoms with E-state index < -0.39 is 5.91 Å². The largest absolute Gasteiger partial charge is 0.324 e. The molecule has 16 heavy (non-hydrogen) atoms. The van der Waals surface area contributed by atoms with Crippen LogP contribution in [-0.4, -0.2) is 25.7 Å². The second-order valence-electron chi connectivity index (χ2n) is 2.70. The molecule has 9 heteroatoms. The minimum Gasteiger partial charge on any atom is -0.324 e. The van der Waals surface area contributed by atoms with Crippen molar-refractivity contribution >= 4 is 28.3 Å². The highest BCUT2D eigenvalue weighted by Crippen LogP contribution is 2.10. The lowest BCUT2D eigenvalue weighted by Gasteiger charge is -2.02. The molecule has 0 radical (unpaired) electrons. The molecule has 0 bridgehead atoms. The Balaban J connectivity index is 2.14. The normalized spacial score (nSPS) is 9.81. The third-order valence-corrected chi connectivity index (χ3v) is 2.19. The van der Waals surface area contributed by atoms with Crippen LogP contribution in [0.2, 0.25) is 0 Å². The van der Waals surface area contributed by atoms with Crippen molar-refractivity contribution in [3.8, 4) is 0 Å². The maximum Gasteiger partial charge on any atom is 0.276 e. The molecule has 82 valence electrons. The van der Waals surface area contributed by atoms with E-state index in [1.165, 1.54) is 12.3 Å². The van der Waals surface area contributed by atoms with Gasteiger partial charge < -0.3 is 5.43 Å². The third kappa shape index (κ3) is 2.27. The second-order valence-corrected chi connectivity index (χ2v) is 3.43. The molecule has 0 unspecified atom stereocenters. The number of hydrazine groups is 1. The first-order valence-electron chi connectivity index (χ1n) is 4.18. The Kier molecular flexibility index (Phi) is 2.98. The maximum absolute atomic E-state index is 11.6. The third-order valence-electron chi connectivity index (χ3n) is 1.68. The summed E-state index contributed by atoms with van der Waals surface area (Å²) < 4.78 is 3.52. The fourth-order valence-corrected chi connectivity index (χ4v) is 1.35.